The quantitative estimate of drug-likeness (QED) is 0.862. The molecule has 0 atom stereocenters. The zero-order valence-corrected chi connectivity index (χ0v) is 10.8. The van der Waals surface area contributed by atoms with E-state index in [-0.39, 0.29) is 12.5 Å². The SMILES string of the molecule is O=C(OCC(=O)N1CCCC1)c1cc(Br)c[nH]1. The van der Waals surface area contributed by atoms with Crippen LogP contribution in [0.25, 0.3) is 0 Å². The Morgan fingerprint density at radius 2 is 2.12 bits per heavy atom. The molecule has 5 nitrogen and oxygen atoms in total. The first-order chi connectivity index (χ1) is 8.16. The van der Waals surface area contributed by atoms with Crippen molar-refractivity contribution in [2.45, 2.75) is 12.8 Å². The molecule has 0 unspecified atom stereocenters. The molecule has 1 amide bonds. The molecule has 17 heavy (non-hydrogen) atoms. The van der Waals surface area contributed by atoms with Gasteiger partial charge >= 0.3 is 5.97 Å². The van der Waals surface area contributed by atoms with Crippen molar-refractivity contribution in [3.05, 3.63) is 22.4 Å². The van der Waals surface area contributed by atoms with Gasteiger partial charge < -0.3 is 14.6 Å². The second-order valence-corrected chi connectivity index (χ2v) is 4.81. The first-order valence-corrected chi connectivity index (χ1v) is 6.25. The summed E-state index contributed by atoms with van der Waals surface area (Å²) >= 11 is 3.22. The number of hydrogen-bond donors (Lipinski definition) is 1. The molecule has 1 aromatic rings. The molecule has 92 valence electrons. The van der Waals surface area contributed by atoms with E-state index in [4.69, 9.17) is 4.74 Å². The highest BCUT2D eigenvalue weighted by molar-refractivity contribution is 9.10. The molecule has 2 rings (SSSR count). The van der Waals surface area contributed by atoms with Crippen LogP contribution in [0.2, 0.25) is 0 Å². The van der Waals surface area contributed by atoms with E-state index in [1.807, 2.05) is 0 Å². The van der Waals surface area contributed by atoms with Crippen molar-refractivity contribution in [2.75, 3.05) is 19.7 Å². The van der Waals surface area contributed by atoms with Crippen molar-refractivity contribution in [2.24, 2.45) is 0 Å². The Kier molecular flexibility index (Phi) is 3.83. The van der Waals surface area contributed by atoms with Crippen molar-refractivity contribution in [3.63, 3.8) is 0 Å². The summed E-state index contributed by atoms with van der Waals surface area (Å²) < 4.78 is 5.71. The van der Waals surface area contributed by atoms with Gasteiger partial charge in [-0.15, -0.1) is 0 Å². The fourth-order valence-electron chi connectivity index (χ4n) is 1.75. The molecule has 0 aromatic carbocycles. The van der Waals surface area contributed by atoms with Crippen LogP contribution < -0.4 is 0 Å². The minimum atomic E-state index is -0.511. The Labute approximate surface area is 107 Å². The normalized spacial score (nSPS) is 15.0. The van der Waals surface area contributed by atoms with Crippen LogP contribution in [-0.2, 0) is 9.53 Å². The largest absolute Gasteiger partial charge is 0.451 e. The third-order valence-electron chi connectivity index (χ3n) is 2.65. The third kappa shape index (κ3) is 3.09. The average Bonchev–Trinajstić information content (AvgIpc) is 2.95. The van der Waals surface area contributed by atoms with E-state index in [9.17, 15) is 9.59 Å². The van der Waals surface area contributed by atoms with E-state index < -0.39 is 5.97 Å². The Morgan fingerprint density at radius 1 is 1.41 bits per heavy atom. The fourth-order valence-corrected chi connectivity index (χ4v) is 2.09. The number of carbonyl (C=O) groups excluding carboxylic acids is 2. The van der Waals surface area contributed by atoms with Gasteiger partial charge in [0.25, 0.3) is 5.91 Å². The van der Waals surface area contributed by atoms with Crippen LogP contribution in [0, 0.1) is 0 Å². The summed E-state index contributed by atoms with van der Waals surface area (Å²) in [5.74, 6) is -0.635. The smallest absolute Gasteiger partial charge is 0.355 e. The fraction of sp³-hybridized carbons (Fsp3) is 0.455. The van der Waals surface area contributed by atoms with Gasteiger partial charge in [-0.25, -0.2) is 4.79 Å². The monoisotopic (exact) mass is 300 g/mol. The van der Waals surface area contributed by atoms with Gasteiger partial charge in [0.1, 0.15) is 5.69 Å². The number of ether oxygens (including phenoxy) is 1. The topological polar surface area (TPSA) is 62.4 Å². The summed E-state index contributed by atoms with van der Waals surface area (Å²) in [6, 6.07) is 1.61. The van der Waals surface area contributed by atoms with Crippen LogP contribution in [0.3, 0.4) is 0 Å². The van der Waals surface area contributed by atoms with Crippen molar-refractivity contribution in [3.8, 4) is 0 Å². The van der Waals surface area contributed by atoms with Crippen LogP contribution in [0.4, 0.5) is 0 Å². The van der Waals surface area contributed by atoms with Crippen LogP contribution in [0.1, 0.15) is 23.3 Å². The van der Waals surface area contributed by atoms with Crippen LogP contribution >= 0.6 is 15.9 Å². The number of halogens is 1. The molecule has 0 spiro atoms. The number of rotatable bonds is 3. The zero-order chi connectivity index (χ0) is 12.3. The molecule has 6 heteroatoms. The molecule has 1 aliphatic heterocycles. The lowest BCUT2D eigenvalue weighted by Crippen LogP contribution is -2.32. The van der Waals surface area contributed by atoms with Crippen molar-refractivity contribution in [1.82, 2.24) is 9.88 Å². The molecule has 1 aliphatic rings. The molecule has 1 aromatic heterocycles. The predicted octanol–water partition coefficient (Wildman–Crippen LogP) is 1.56. The second kappa shape index (κ2) is 5.35. The van der Waals surface area contributed by atoms with Crippen molar-refractivity contribution in [1.29, 1.82) is 0 Å². The zero-order valence-electron chi connectivity index (χ0n) is 9.24. The van der Waals surface area contributed by atoms with E-state index in [1.54, 1.807) is 17.2 Å². The summed E-state index contributed by atoms with van der Waals surface area (Å²) in [5.41, 5.74) is 0.339. The first kappa shape index (κ1) is 12.2. The maximum absolute atomic E-state index is 11.6. The van der Waals surface area contributed by atoms with Crippen LogP contribution in [-0.4, -0.2) is 41.5 Å². The van der Waals surface area contributed by atoms with Gasteiger partial charge in [0.2, 0.25) is 0 Å². The highest BCUT2D eigenvalue weighted by Gasteiger charge is 2.19. The van der Waals surface area contributed by atoms with Gasteiger partial charge in [-0.2, -0.15) is 0 Å². The minimum Gasteiger partial charge on any atom is -0.451 e. The molecule has 2 heterocycles. The van der Waals surface area contributed by atoms with Gasteiger partial charge in [-0.1, -0.05) is 0 Å². The highest BCUT2D eigenvalue weighted by Crippen LogP contribution is 2.12. The maximum atomic E-state index is 11.6. The predicted molar refractivity (Wildman–Crippen MR) is 64.6 cm³/mol. The van der Waals surface area contributed by atoms with Gasteiger partial charge in [0.05, 0.1) is 0 Å². The Hall–Kier alpha value is -1.30. The molecule has 0 saturated carbocycles. The minimum absolute atomic E-state index is 0.124. The highest BCUT2D eigenvalue weighted by atomic mass is 79.9. The molecule has 0 aliphatic carbocycles. The molecular weight excluding hydrogens is 288 g/mol. The summed E-state index contributed by atoms with van der Waals surface area (Å²) in [5, 5.41) is 0. The first-order valence-electron chi connectivity index (χ1n) is 5.45. The number of amides is 1. The maximum Gasteiger partial charge on any atom is 0.355 e. The Bertz CT molecular complexity index is 424. The Morgan fingerprint density at radius 3 is 2.71 bits per heavy atom. The number of aromatic amines is 1. The molecule has 1 saturated heterocycles. The number of esters is 1. The van der Waals surface area contributed by atoms with Gasteiger partial charge in [0, 0.05) is 23.8 Å². The van der Waals surface area contributed by atoms with Crippen molar-refractivity contribution < 1.29 is 14.3 Å². The van der Waals surface area contributed by atoms with Crippen LogP contribution in [0.5, 0.6) is 0 Å². The summed E-state index contributed by atoms with van der Waals surface area (Å²) in [7, 11) is 0. The lowest BCUT2D eigenvalue weighted by Gasteiger charge is -2.14. The van der Waals surface area contributed by atoms with Gasteiger partial charge in [-0.3, -0.25) is 4.79 Å². The number of nitrogens with one attached hydrogen (secondary N) is 1. The van der Waals surface area contributed by atoms with Crippen LogP contribution in [0.15, 0.2) is 16.7 Å². The van der Waals surface area contributed by atoms with E-state index >= 15 is 0 Å². The number of H-pyrrole nitrogens is 1. The number of aromatic nitrogens is 1. The number of likely N-dealkylation sites (tertiary alicyclic amines) is 1. The summed E-state index contributed by atoms with van der Waals surface area (Å²) in [4.78, 5) is 27.6. The molecule has 0 radical (unpaired) electrons. The lowest BCUT2D eigenvalue weighted by atomic mass is 10.4. The number of carbonyl (C=O) groups is 2. The summed E-state index contributed by atoms with van der Waals surface area (Å²) in [6.45, 7) is 1.35. The molecule has 1 N–H and O–H groups in total. The molecule has 0 bridgehead atoms. The van der Waals surface area contributed by atoms with E-state index in [2.05, 4.69) is 20.9 Å². The van der Waals surface area contributed by atoms with Gasteiger partial charge in [0.15, 0.2) is 6.61 Å². The Balaban J connectivity index is 1.81. The third-order valence-corrected chi connectivity index (χ3v) is 3.11. The van der Waals surface area contributed by atoms with Crippen molar-refractivity contribution >= 4 is 27.8 Å². The molecular formula is C11H13BrN2O3. The second-order valence-electron chi connectivity index (χ2n) is 3.90. The lowest BCUT2D eigenvalue weighted by molar-refractivity contribution is -0.133. The standard InChI is InChI=1S/C11H13BrN2O3/c12-8-5-9(13-6-8)11(16)17-7-10(15)14-3-1-2-4-14/h5-6,13H,1-4,7H2. The van der Waals surface area contributed by atoms with Gasteiger partial charge in [-0.05, 0) is 34.8 Å². The molecule has 1 fully saturated rings. The average molecular weight is 301 g/mol. The summed E-state index contributed by atoms with van der Waals surface area (Å²) in [6.07, 6.45) is 3.70. The number of hydrogen-bond acceptors (Lipinski definition) is 3. The van der Waals surface area contributed by atoms with E-state index in [0.29, 0.717) is 5.69 Å². The number of nitrogens with zero attached hydrogens (tertiary/aromatic N) is 1. The van der Waals surface area contributed by atoms with E-state index in [0.717, 1.165) is 30.4 Å². The van der Waals surface area contributed by atoms with E-state index in [1.165, 1.54) is 0 Å².